The van der Waals surface area contributed by atoms with Crippen molar-refractivity contribution in [3.05, 3.63) is 23.9 Å². The van der Waals surface area contributed by atoms with Gasteiger partial charge in [0.05, 0.1) is 24.3 Å². The topological polar surface area (TPSA) is 122 Å². The Bertz CT molecular complexity index is 644. The molecule has 2 aromatic rings. The van der Waals surface area contributed by atoms with E-state index in [0.717, 1.165) is 0 Å². The monoisotopic (exact) mass is 277 g/mol. The van der Waals surface area contributed by atoms with Gasteiger partial charge in [-0.1, -0.05) is 0 Å². The van der Waals surface area contributed by atoms with Crippen molar-refractivity contribution in [2.24, 2.45) is 0 Å². The summed E-state index contributed by atoms with van der Waals surface area (Å²) in [5, 5.41) is 29.4. The van der Waals surface area contributed by atoms with E-state index in [4.69, 9.17) is 15.6 Å². The third-order valence-electron chi connectivity index (χ3n) is 3.49. The van der Waals surface area contributed by atoms with Crippen molar-refractivity contribution >= 4 is 16.9 Å². The Hall–Kier alpha value is -1.96. The van der Waals surface area contributed by atoms with Gasteiger partial charge in [0.2, 0.25) is 5.95 Å². The molecule has 5 N–H and O–H groups in total. The SMILES string of the molecule is Nc1ncc2c([C@H]3C[C@H](O)[C@@H](CO)O3)cc(O)cc2n1. The Morgan fingerprint density at radius 2 is 2.20 bits per heavy atom. The lowest BCUT2D eigenvalue weighted by Crippen LogP contribution is -2.24. The molecule has 1 aromatic heterocycles. The van der Waals surface area contributed by atoms with Crippen LogP contribution in [0.1, 0.15) is 18.1 Å². The Morgan fingerprint density at radius 1 is 1.40 bits per heavy atom. The number of anilines is 1. The smallest absolute Gasteiger partial charge is 0.220 e. The second kappa shape index (κ2) is 4.86. The molecule has 1 fully saturated rings. The summed E-state index contributed by atoms with van der Waals surface area (Å²) in [6.45, 7) is -0.252. The van der Waals surface area contributed by atoms with E-state index in [-0.39, 0.29) is 18.3 Å². The van der Waals surface area contributed by atoms with Gasteiger partial charge in [0, 0.05) is 24.1 Å². The van der Waals surface area contributed by atoms with Gasteiger partial charge >= 0.3 is 0 Å². The van der Waals surface area contributed by atoms with Crippen molar-refractivity contribution in [2.75, 3.05) is 12.3 Å². The molecule has 106 valence electrons. The van der Waals surface area contributed by atoms with E-state index in [1.165, 1.54) is 6.07 Å². The molecule has 20 heavy (non-hydrogen) atoms. The fourth-order valence-electron chi connectivity index (χ4n) is 2.52. The Labute approximate surface area is 114 Å². The molecular weight excluding hydrogens is 262 g/mol. The maximum absolute atomic E-state index is 9.81. The highest BCUT2D eigenvalue weighted by Crippen LogP contribution is 2.37. The number of benzene rings is 1. The van der Waals surface area contributed by atoms with E-state index < -0.39 is 18.3 Å². The lowest BCUT2D eigenvalue weighted by Gasteiger charge is -2.14. The molecule has 7 nitrogen and oxygen atoms in total. The van der Waals surface area contributed by atoms with Crippen molar-refractivity contribution in [1.82, 2.24) is 9.97 Å². The van der Waals surface area contributed by atoms with Crippen molar-refractivity contribution < 1.29 is 20.1 Å². The van der Waals surface area contributed by atoms with Crippen LogP contribution in [0.4, 0.5) is 5.95 Å². The molecule has 1 saturated heterocycles. The molecule has 0 unspecified atom stereocenters. The van der Waals surface area contributed by atoms with E-state index >= 15 is 0 Å². The number of aromatic nitrogens is 2. The minimum Gasteiger partial charge on any atom is -0.508 e. The lowest BCUT2D eigenvalue weighted by molar-refractivity contribution is -0.0222. The maximum Gasteiger partial charge on any atom is 0.220 e. The third kappa shape index (κ3) is 2.15. The number of nitrogens with two attached hydrogens (primary N) is 1. The van der Waals surface area contributed by atoms with Crippen LogP contribution < -0.4 is 5.73 Å². The third-order valence-corrected chi connectivity index (χ3v) is 3.49. The number of aliphatic hydroxyl groups excluding tert-OH is 2. The number of hydrogen-bond donors (Lipinski definition) is 4. The highest BCUT2D eigenvalue weighted by atomic mass is 16.5. The molecule has 0 bridgehead atoms. The van der Waals surface area contributed by atoms with Gasteiger partial charge in [-0.2, -0.15) is 0 Å². The molecule has 2 heterocycles. The first kappa shape index (κ1) is 13.0. The van der Waals surface area contributed by atoms with Crippen molar-refractivity contribution in [2.45, 2.75) is 24.7 Å². The zero-order chi connectivity index (χ0) is 14.3. The highest BCUT2D eigenvalue weighted by Gasteiger charge is 2.35. The van der Waals surface area contributed by atoms with Gasteiger partial charge in [0.25, 0.3) is 0 Å². The maximum atomic E-state index is 9.81. The van der Waals surface area contributed by atoms with Gasteiger partial charge in [-0.25, -0.2) is 9.97 Å². The van der Waals surface area contributed by atoms with Gasteiger partial charge in [0.15, 0.2) is 0 Å². The van der Waals surface area contributed by atoms with E-state index in [0.29, 0.717) is 22.9 Å². The molecule has 0 aliphatic carbocycles. The van der Waals surface area contributed by atoms with Crippen LogP contribution in [0.3, 0.4) is 0 Å². The van der Waals surface area contributed by atoms with E-state index in [1.54, 1.807) is 12.3 Å². The number of phenolic OH excluding ortho intramolecular Hbond substituents is 1. The predicted octanol–water partition coefficient (Wildman–Crippen LogP) is 0.101. The molecule has 0 amide bonds. The Kier molecular flexibility index (Phi) is 3.17. The summed E-state index contributed by atoms with van der Waals surface area (Å²) < 4.78 is 5.60. The molecule has 3 rings (SSSR count). The predicted molar refractivity (Wildman–Crippen MR) is 70.9 cm³/mol. The molecule has 1 aliphatic heterocycles. The summed E-state index contributed by atoms with van der Waals surface area (Å²) in [5.74, 6) is 0.158. The summed E-state index contributed by atoms with van der Waals surface area (Å²) in [7, 11) is 0. The first-order valence-corrected chi connectivity index (χ1v) is 6.28. The van der Waals surface area contributed by atoms with Crippen LogP contribution in [0.2, 0.25) is 0 Å². The normalized spacial score (nSPS) is 26.2. The van der Waals surface area contributed by atoms with Crippen LogP contribution in [0.25, 0.3) is 10.9 Å². The number of aliphatic hydroxyl groups is 2. The molecule has 0 spiro atoms. The van der Waals surface area contributed by atoms with Crippen LogP contribution in [0.15, 0.2) is 18.3 Å². The summed E-state index contributed by atoms with van der Waals surface area (Å²) >= 11 is 0. The summed E-state index contributed by atoms with van der Waals surface area (Å²) in [6.07, 6.45) is 0.121. The molecule has 1 aromatic carbocycles. The number of nitrogen functional groups attached to an aromatic ring is 1. The average Bonchev–Trinajstić information content (AvgIpc) is 2.78. The first-order chi connectivity index (χ1) is 9.58. The minimum absolute atomic E-state index is 0.0381. The largest absolute Gasteiger partial charge is 0.508 e. The van der Waals surface area contributed by atoms with Gasteiger partial charge < -0.3 is 25.8 Å². The van der Waals surface area contributed by atoms with Crippen LogP contribution in [0.5, 0.6) is 5.75 Å². The Morgan fingerprint density at radius 3 is 2.90 bits per heavy atom. The van der Waals surface area contributed by atoms with Gasteiger partial charge in [-0.15, -0.1) is 0 Å². The average molecular weight is 277 g/mol. The zero-order valence-electron chi connectivity index (χ0n) is 10.6. The summed E-state index contributed by atoms with van der Waals surface area (Å²) in [4.78, 5) is 8.01. The number of nitrogens with zero attached hydrogens (tertiary/aromatic N) is 2. The Balaban J connectivity index is 2.07. The lowest BCUT2D eigenvalue weighted by atomic mass is 10.0. The standard InChI is InChI=1S/C13H15N3O4/c14-13-15-4-8-7(1-6(18)2-9(8)16-13)11-3-10(19)12(5-17)20-11/h1-2,4,10-12,17-19H,3,5H2,(H2,14,15,16)/t10-,11+,12+/m0/s1. The second-order valence-electron chi connectivity index (χ2n) is 4.84. The van der Waals surface area contributed by atoms with Crippen LogP contribution in [-0.4, -0.2) is 44.1 Å². The number of phenols is 1. The van der Waals surface area contributed by atoms with Crippen molar-refractivity contribution in [1.29, 1.82) is 0 Å². The van der Waals surface area contributed by atoms with Crippen molar-refractivity contribution in [3.8, 4) is 5.75 Å². The molecule has 7 heteroatoms. The number of rotatable bonds is 2. The number of fused-ring (bicyclic) bond motifs is 1. The fourth-order valence-corrected chi connectivity index (χ4v) is 2.52. The molecule has 3 atom stereocenters. The quantitative estimate of drug-likeness (QED) is 0.614. The van der Waals surface area contributed by atoms with Gasteiger partial charge in [0.1, 0.15) is 11.9 Å². The molecule has 0 saturated carbocycles. The first-order valence-electron chi connectivity index (χ1n) is 6.28. The van der Waals surface area contributed by atoms with E-state index in [1.807, 2.05) is 0 Å². The molecular formula is C13H15N3O4. The highest BCUT2D eigenvalue weighted by molar-refractivity contribution is 5.84. The van der Waals surface area contributed by atoms with E-state index in [2.05, 4.69) is 9.97 Å². The van der Waals surface area contributed by atoms with Crippen LogP contribution in [-0.2, 0) is 4.74 Å². The summed E-state index contributed by atoms with van der Waals surface area (Å²) in [6, 6.07) is 3.05. The number of ether oxygens (including phenoxy) is 1. The zero-order valence-corrected chi connectivity index (χ0v) is 10.6. The van der Waals surface area contributed by atoms with Gasteiger partial charge in [-0.05, 0) is 11.6 Å². The number of hydrogen-bond acceptors (Lipinski definition) is 7. The molecule has 1 aliphatic rings. The van der Waals surface area contributed by atoms with Crippen LogP contribution in [0, 0.1) is 0 Å². The molecule has 0 radical (unpaired) electrons. The fraction of sp³-hybridized carbons (Fsp3) is 0.385. The van der Waals surface area contributed by atoms with Crippen molar-refractivity contribution in [3.63, 3.8) is 0 Å². The minimum atomic E-state index is -0.739. The van der Waals surface area contributed by atoms with Gasteiger partial charge in [-0.3, -0.25) is 0 Å². The number of aromatic hydroxyl groups is 1. The summed E-state index contributed by atoms with van der Waals surface area (Å²) in [5.41, 5.74) is 6.72. The second-order valence-corrected chi connectivity index (χ2v) is 4.84. The van der Waals surface area contributed by atoms with Crippen LogP contribution >= 0.6 is 0 Å². The van der Waals surface area contributed by atoms with E-state index in [9.17, 15) is 10.2 Å².